The Balaban J connectivity index is 1.66. The van der Waals surface area contributed by atoms with E-state index in [-0.39, 0.29) is 17.9 Å². The summed E-state index contributed by atoms with van der Waals surface area (Å²) in [5.74, 6) is 0.203. The first-order valence-corrected chi connectivity index (χ1v) is 12.4. The predicted molar refractivity (Wildman–Crippen MR) is 134 cm³/mol. The van der Waals surface area contributed by atoms with Gasteiger partial charge < -0.3 is 20.1 Å². The highest BCUT2D eigenvalue weighted by molar-refractivity contribution is 7.15. The number of carbonyl (C=O) groups is 1. The van der Waals surface area contributed by atoms with Crippen LogP contribution in [0.3, 0.4) is 0 Å². The lowest BCUT2D eigenvalue weighted by Crippen LogP contribution is -2.34. The third kappa shape index (κ3) is 5.47. The summed E-state index contributed by atoms with van der Waals surface area (Å²) in [6.45, 7) is 8.06. The Hall–Kier alpha value is -2.64. The first kappa shape index (κ1) is 23.5. The first-order chi connectivity index (χ1) is 15.8. The van der Waals surface area contributed by atoms with E-state index < -0.39 is 0 Å². The number of fused-ring (bicyclic) bond motifs is 1. The molecule has 1 aromatic carbocycles. The number of nitrogens with zero attached hydrogens (tertiary/aromatic N) is 2. The highest BCUT2D eigenvalue weighted by atomic mass is 32.1. The van der Waals surface area contributed by atoms with Crippen LogP contribution in [-0.4, -0.2) is 29.1 Å². The van der Waals surface area contributed by atoms with E-state index in [1.165, 1.54) is 27.1 Å². The summed E-state index contributed by atoms with van der Waals surface area (Å²) in [4.78, 5) is 16.7. The van der Waals surface area contributed by atoms with E-state index in [9.17, 15) is 9.18 Å². The number of aryl methyl sites for hydroxylation is 1. The van der Waals surface area contributed by atoms with Crippen LogP contribution in [0.4, 0.5) is 14.9 Å². The quantitative estimate of drug-likeness (QED) is 0.429. The average Bonchev–Trinajstić information content (AvgIpc) is 3.41. The summed E-state index contributed by atoms with van der Waals surface area (Å²) in [5, 5.41) is 7.23. The van der Waals surface area contributed by atoms with Gasteiger partial charge in [-0.3, -0.25) is 0 Å². The van der Waals surface area contributed by atoms with Gasteiger partial charge in [0.25, 0.3) is 0 Å². The van der Waals surface area contributed by atoms with Gasteiger partial charge in [-0.1, -0.05) is 19.9 Å². The molecule has 3 heterocycles. The molecule has 1 atom stereocenters. The molecule has 1 unspecified atom stereocenters. The van der Waals surface area contributed by atoms with Gasteiger partial charge in [0.2, 0.25) is 0 Å². The monoisotopic (exact) mass is 468 g/mol. The molecular formula is C26H33FN4OS. The Bertz CT molecular complexity index is 1110. The number of amides is 2. The molecule has 5 nitrogen and oxygen atoms in total. The molecule has 1 aliphatic heterocycles. The molecule has 0 spiro atoms. The van der Waals surface area contributed by atoms with E-state index >= 15 is 0 Å². The van der Waals surface area contributed by atoms with E-state index in [1.807, 2.05) is 23.5 Å². The number of aromatic nitrogens is 1. The normalized spacial score (nSPS) is 14.8. The number of rotatable bonds is 7. The number of urea groups is 1. The zero-order chi connectivity index (χ0) is 23.5. The molecular weight excluding hydrogens is 435 g/mol. The second-order valence-corrected chi connectivity index (χ2v) is 10.5. The highest BCUT2D eigenvalue weighted by Crippen LogP contribution is 2.40. The molecule has 0 saturated heterocycles. The second-order valence-electron chi connectivity index (χ2n) is 9.39. The number of halogens is 1. The van der Waals surface area contributed by atoms with Crippen molar-refractivity contribution >= 4 is 23.1 Å². The fourth-order valence-corrected chi connectivity index (χ4v) is 5.80. The summed E-state index contributed by atoms with van der Waals surface area (Å²) in [6.07, 6.45) is 6.96. The number of likely N-dealkylation sites (N-methyl/N-ethyl adjacent to an activating group) is 1. The number of nitrogens with one attached hydrogen (secondary N) is 2. The van der Waals surface area contributed by atoms with Gasteiger partial charge in [0, 0.05) is 41.6 Å². The van der Waals surface area contributed by atoms with Gasteiger partial charge in [-0.05, 0) is 74.5 Å². The smallest absolute Gasteiger partial charge is 0.319 e. The molecule has 1 aliphatic rings. The molecule has 0 bridgehead atoms. The highest BCUT2D eigenvalue weighted by Gasteiger charge is 2.29. The van der Waals surface area contributed by atoms with Gasteiger partial charge >= 0.3 is 6.03 Å². The minimum Gasteiger partial charge on any atom is -0.331 e. The molecule has 0 fully saturated rings. The Labute approximate surface area is 199 Å². The van der Waals surface area contributed by atoms with Gasteiger partial charge in [-0.2, -0.15) is 0 Å². The Morgan fingerprint density at radius 3 is 2.67 bits per heavy atom. The molecule has 0 aliphatic carbocycles. The Kier molecular flexibility index (Phi) is 7.20. The fraction of sp³-hybridized carbons (Fsp3) is 0.423. The van der Waals surface area contributed by atoms with Crippen LogP contribution >= 0.6 is 11.3 Å². The van der Waals surface area contributed by atoms with Gasteiger partial charge in [0.1, 0.15) is 10.8 Å². The fourth-order valence-electron chi connectivity index (χ4n) is 4.35. The molecule has 176 valence electrons. The van der Waals surface area contributed by atoms with Crippen LogP contribution in [0.2, 0.25) is 0 Å². The number of anilines is 1. The van der Waals surface area contributed by atoms with Crippen LogP contribution in [0.1, 0.15) is 54.3 Å². The van der Waals surface area contributed by atoms with Crippen LogP contribution < -0.4 is 10.6 Å². The van der Waals surface area contributed by atoms with Gasteiger partial charge in [-0.25, -0.2) is 9.18 Å². The zero-order valence-electron chi connectivity index (χ0n) is 19.8. The van der Waals surface area contributed by atoms with Crippen LogP contribution in [0.5, 0.6) is 0 Å². The number of carbonyl (C=O) groups excluding carboxylic acids is 1. The molecule has 0 radical (unpaired) electrons. The summed E-state index contributed by atoms with van der Waals surface area (Å²) in [7, 11) is 2.15. The number of hydrogen-bond acceptors (Lipinski definition) is 3. The van der Waals surface area contributed by atoms with Crippen molar-refractivity contribution in [1.29, 1.82) is 0 Å². The summed E-state index contributed by atoms with van der Waals surface area (Å²) >= 11 is 1.82. The SMILES string of the molecule is Cc1ccc(NC(=O)NC(CCC(C)C)c2c(-n3cccc3)sc3c2CCN(C)C3)cc1F. The van der Waals surface area contributed by atoms with Crippen molar-refractivity contribution < 1.29 is 9.18 Å². The zero-order valence-corrected chi connectivity index (χ0v) is 20.6. The molecule has 33 heavy (non-hydrogen) atoms. The van der Waals surface area contributed by atoms with Crippen molar-refractivity contribution in [2.45, 2.75) is 52.6 Å². The van der Waals surface area contributed by atoms with Crippen LogP contribution in [0, 0.1) is 18.7 Å². The maximum Gasteiger partial charge on any atom is 0.319 e. The molecule has 3 aromatic rings. The Morgan fingerprint density at radius 2 is 1.97 bits per heavy atom. The van der Waals surface area contributed by atoms with Crippen molar-refractivity contribution in [3.63, 3.8) is 0 Å². The molecule has 2 aromatic heterocycles. The molecule has 2 N–H and O–H groups in total. The van der Waals surface area contributed by atoms with E-state index in [0.717, 1.165) is 32.4 Å². The van der Waals surface area contributed by atoms with Crippen molar-refractivity contribution in [3.8, 4) is 5.00 Å². The lowest BCUT2D eigenvalue weighted by atomic mass is 9.92. The van der Waals surface area contributed by atoms with Crippen molar-refractivity contribution in [2.24, 2.45) is 5.92 Å². The Morgan fingerprint density at radius 1 is 1.21 bits per heavy atom. The number of hydrogen-bond donors (Lipinski definition) is 2. The molecule has 2 amide bonds. The van der Waals surface area contributed by atoms with Gasteiger partial charge in [-0.15, -0.1) is 11.3 Å². The van der Waals surface area contributed by atoms with E-state index in [4.69, 9.17) is 0 Å². The van der Waals surface area contributed by atoms with Crippen molar-refractivity contribution in [1.82, 2.24) is 14.8 Å². The lowest BCUT2D eigenvalue weighted by Gasteiger charge is -2.26. The maximum absolute atomic E-state index is 14.0. The number of thiophene rings is 1. The number of benzene rings is 1. The first-order valence-electron chi connectivity index (χ1n) is 11.6. The van der Waals surface area contributed by atoms with E-state index in [2.05, 4.69) is 53.4 Å². The minimum absolute atomic E-state index is 0.122. The third-order valence-electron chi connectivity index (χ3n) is 6.22. The second kappa shape index (κ2) is 10.1. The molecule has 0 saturated carbocycles. The van der Waals surface area contributed by atoms with Gasteiger partial charge in [0.15, 0.2) is 0 Å². The van der Waals surface area contributed by atoms with Crippen LogP contribution in [0.25, 0.3) is 5.00 Å². The van der Waals surface area contributed by atoms with Crippen molar-refractivity contribution in [3.05, 3.63) is 70.1 Å². The average molecular weight is 469 g/mol. The van der Waals surface area contributed by atoms with Gasteiger partial charge in [0.05, 0.1) is 6.04 Å². The van der Waals surface area contributed by atoms with E-state index in [0.29, 0.717) is 17.2 Å². The van der Waals surface area contributed by atoms with Crippen LogP contribution in [0.15, 0.2) is 42.7 Å². The molecule has 4 rings (SSSR count). The minimum atomic E-state index is -0.324. The summed E-state index contributed by atoms with van der Waals surface area (Å²) in [6, 6.07) is 8.41. The summed E-state index contributed by atoms with van der Waals surface area (Å²) < 4.78 is 16.1. The summed E-state index contributed by atoms with van der Waals surface area (Å²) in [5.41, 5.74) is 3.61. The van der Waals surface area contributed by atoms with E-state index in [1.54, 1.807) is 19.1 Å². The standard InChI is InChI=1S/C26H33FN4OS/c1-17(2)7-10-22(29-26(32)28-19-9-8-18(3)21(27)15-19)24-20-11-14-30(4)16-23(20)33-25(24)31-12-5-6-13-31/h5-6,8-9,12-13,15,17,22H,7,10-11,14,16H2,1-4H3,(H2,28,29,32). The van der Waals surface area contributed by atoms with Crippen LogP contribution in [-0.2, 0) is 13.0 Å². The third-order valence-corrected chi connectivity index (χ3v) is 7.47. The lowest BCUT2D eigenvalue weighted by molar-refractivity contribution is 0.247. The predicted octanol–water partition coefficient (Wildman–Crippen LogP) is 6.27. The molecule has 7 heteroatoms. The largest absolute Gasteiger partial charge is 0.331 e. The topological polar surface area (TPSA) is 49.3 Å². The van der Waals surface area contributed by atoms with Crippen molar-refractivity contribution in [2.75, 3.05) is 18.9 Å². The maximum atomic E-state index is 14.0.